The van der Waals surface area contributed by atoms with E-state index in [0.717, 1.165) is 22.5 Å². The maximum Gasteiger partial charge on any atom is 0.301 e. The average molecular weight is 653 g/mol. The van der Waals surface area contributed by atoms with Crippen LogP contribution in [0.5, 0.6) is 5.75 Å². The van der Waals surface area contributed by atoms with Crippen molar-refractivity contribution in [3.63, 3.8) is 0 Å². The van der Waals surface area contributed by atoms with E-state index in [0.29, 0.717) is 42.8 Å². The van der Waals surface area contributed by atoms with Crippen LogP contribution in [0.1, 0.15) is 34.1 Å². The number of pyridine rings is 1. The third-order valence-electron chi connectivity index (χ3n) is 7.13. The number of carbonyl (C=O) groups excluding carboxylic acids is 2. The van der Waals surface area contributed by atoms with Gasteiger partial charge in [-0.3, -0.25) is 14.5 Å². The van der Waals surface area contributed by atoms with Crippen molar-refractivity contribution in [2.24, 2.45) is 0 Å². The van der Waals surface area contributed by atoms with Crippen molar-refractivity contribution in [3.8, 4) is 5.75 Å². The number of Topliss-reactive ketones (excluding diaryl/α,β-unsaturated/α-hetero) is 1. The Bertz CT molecular complexity index is 1950. The topological polar surface area (TPSA) is 110 Å². The normalized spacial score (nSPS) is 16.4. The summed E-state index contributed by atoms with van der Waals surface area (Å²) >= 11 is 14.9. The molecule has 218 valence electrons. The summed E-state index contributed by atoms with van der Waals surface area (Å²) in [4.78, 5) is 33.2. The summed E-state index contributed by atoms with van der Waals surface area (Å²) in [5.41, 5.74) is 3.70. The van der Waals surface area contributed by atoms with Crippen LogP contribution in [0, 0.1) is 13.8 Å². The molecule has 2 aromatic carbocycles. The number of anilines is 1. The highest BCUT2D eigenvalue weighted by atomic mass is 35.5. The molecule has 3 aromatic heterocycles. The van der Waals surface area contributed by atoms with Crippen LogP contribution in [0.4, 0.5) is 5.13 Å². The SMILES string of the molecule is COc1cccc(C2C(=C(O)c3nc4c(C)cccn4c3C)C(=O)C(=O)N2c2nnc(SCc3ccc(Cl)cc3Cl)s2)c1. The van der Waals surface area contributed by atoms with Crippen LogP contribution in [-0.4, -0.2) is 43.5 Å². The molecule has 1 N–H and O–H groups in total. The molecule has 1 unspecified atom stereocenters. The Morgan fingerprint density at radius 1 is 1.09 bits per heavy atom. The van der Waals surface area contributed by atoms with E-state index in [1.165, 1.54) is 23.8 Å². The Kier molecular flexibility index (Phi) is 7.91. The Labute approximate surface area is 264 Å². The number of aromatic nitrogens is 4. The monoisotopic (exact) mass is 651 g/mol. The Morgan fingerprint density at radius 2 is 1.91 bits per heavy atom. The summed E-state index contributed by atoms with van der Waals surface area (Å²) in [6.45, 7) is 3.71. The van der Waals surface area contributed by atoms with Gasteiger partial charge in [-0.05, 0) is 60.9 Å². The second-order valence-electron chi connectivity index (χ2n) is 9.75. The van der Waals surface area contributed by atoms with Gasteiger partial charge in [-0.15, -0.1) is 10.2 Å². The van der Waals surface area contributed by atoms with Gasteiger partial charge in [0.25, 0.3) is 5.78 Å². The molecule has 43 heavy (non-hydrogen) atoms. The van der Waals surface area contributed by atoms with E-state index < -0.39 is 17.7 Å². The number of hydrogen-bond donors (Lipinski definition) is 1. The minimum atomic E-state index is -1.00. The van der Waals surface area contributed by atoms with Crippen LogP contribution in [0.3, 0.4) is 0 Å². The summed E-state index contributed by atoms with van der Waals surface area (Å²) in [5, 5.41) is 21.5. The lowest BCUT2D eigenvalue weighted by atomic mass is 9.96. The smallest absolute Gasteiger partial charge is 0.301 e. The van der Waals surface area contributed by atoms with E-state index in [1.807, 2.05) is 35.7 Å². The number of halogens is 2. The van der Waals surface area contributed by atoms with Gasteiger partial charge in [0, 0.05) is 22.0 Å². The molecule has 0 bridgehead atoms. The minimum absolute atomic E-state index is 0.0974. The fraction of sp³-hybridized carbons (Fsp3) is 0.167. The summed E-state index contributed by atoms with van der Waals surface area (Å²) in [7, 11) is 1.53. The number of carbonyl (C=O) groups is 2. The first-order chi connectivity index (χ1) is 20.7. The lowest BCUT2D eigenvalue weighted by molar-refractivity contribution is -0.132. The molecule has 1 saturated heterocycles. The molecule has 0 radical (unpaired) electrons. The number of ketones is 1. The van der Waals surface area contributed by atoms with Crippen molar-refractivity contribution in [3.05, 3.63) is 104 Å². The van der Waals surface area contributed by atoms with E-state index in [-0.39, 0.29) is 22.2 Å². The van der Waals surface area contributed by atoms with Crippen molar-refractivity contribution < 1.29 is 19.4 Å². The maximum atomic E-state index is 13.7. The van der Waals surface area contributed by atoms with Gasteiger partial charge in [0.2, 0.25) is 5.13 Å². The van der Waals surface area contributed by atoms with Crippen LogP contribution in [0.2, 0.25) is 10.0 Å². The van der Waals surface area contributed by atoms with E-state index in [2.05, 4.69) is 15.2 Å². The van der Waals surface area contributed by atoms with Gasteiger partial charge in [-0.25, -0.2) is 4.98 Å². The zero-order valence-corrected chi connectivity index (χ0v) is 26.2. The third-order valence-corrected chi connectivity index (χ3v) is 9.82. The highest BCUT2D eigenvalue weighted by molar-refractivity contribution is 8.00. The number of aliphatic hydroxyl groups excluding tert-OH is 1. The Balaban J connectivity index is 1.44. The largest absolute Gasteiger partial charge is 0.505 e. The second kappa shape index (κ2) is 11.6. The van der Waals surface area contributed by atoms with Crippen LogP contribution in [0.15, 0.2) is 70.7 Å². The molecular formula is C30H23Cl2N5O4S2. The van der Waals surface area contributed by atoms with Gasteiger partial charge in [0.1, 0.15) is 17.1 Å². The van der Waals surface area contributed by atoms with Crippen molar-refractivity contribution in [1.29, 1.82) is 0 Å². The predicted octanol–water partition coefficient (Wildman–Crippen LogP) is 7.04. The first-order valence-corrected chi connectivity index (χ1v) is 15.5. The molecule has 1 aliphatic heterocycles. The zero-order valence-electron chi connectivity index (χ0n) is 23.0. The summed E-state index contributed by atoms with van der Waals surface area (Å²) in [5.74, 6) is -1.03. The molecular weight excluding hydrogens is 629 g/mol. The quantitative estimate of drug-likeness (QED) is 0.0656. The summed E-state index contributed by atoms with van der Waals surface area (Å²) in [6.07, 6.45) is 1.83. The van der Waals surface area contributed by atoms with Crippen LogP contribution in [-0.2, 0) is 15.3 Å². The van der Waals surface area contributed by atoms with Crippen LogP contribution >= 0.6 is 46.3 Å². The standard InChI is InChI=1S/C30H23Cl2N5O4S2/c1-15-6-5-11-36-16(2)23(33-27(15)36)25(38)22-24(17-7-4-8-20(12-17)41-3)37(28(40)26(22)39)29-34-35-30(43-29)42-14-18-9-10-19(31)13-21(18)32/h4-13,24,38H,14H2,1-3H3. The number of aryl methyl sites for hydroxylation is 2. The number of ether oxygens (including phenoxy) is 1. The number of rotatable bonds is 7. The minimum Gasteiger partial charge on any atom is -0.505 e. The van der Waals surface area contributed by atoms with Crippen molar-refractivity contribution >= 4 is 74.5 Å². The number of amides is 1. The van der Waals surface area contributed by atoms with Crippen LogP contribution < -0.4 is 9.64 Å². The highest BCUT2D eigenvalue weighted by Crippen LogP contribution is 2.45. The number of benzene rings is 2. The molecule has 0 spiro atoms. The van der Waals surface area contributed by atoms with Crippen molar-refractivity contribution in [1.82, 2.24) is 19.6 Å². The van der Waals surface area contributed by atoms with Gasteiger partial charge in [-0.1, -0.05) is 70.6 Å². The number of fused-ring (bicyclic) bond motifs is 1. The highest BCUT2D eigenvalue weighted by Gasteiger charge is 2.49. The van der Waals surface area contributed by atoms with E-state index in [9.17, 15) is 14.7 Å². The fourth-order valence-electron chi connectivity index (χ4n) is 4.97. The Hall–Kier alpha value is -3.90. The number of nitrogens with zero attached hydrogens (tertiary/aromatic N) is 5. The number of aliphatic hydroxyl groups is 1. The molecule has 1 fully saturated rings. The molecule has 13 heteroatoms. The zero-order chi connectivity index (χ0) is 30.4. The van der Waals surface area contributed by atoms with E-state index >= 15 is 0 Å². The van der Waals surface area contributed by atoms with E-state index in [4.69, 9.17) is 27.9 Å². The van der Waals surface area contributed by atoms with Gasteiger partial charge in [0.15, 0.2) is 10.1 Å². The molecule has 4 heterocycles. The van der Waals surface area contributed by atoms with Gasteiger partial charge >= 0.3 is 5.91 Å². The molecule has 0 saturated carbocycles. The Morgan fingerprint density at radius 3 is 2.65 bits per heavy atom. The van der Waals surface area contributed by atoms with Gasteiger partial charge in [-0.2, -0.15) is 0 Å². The first kappa shape index (κ1) is 29.2. The molecule has 1 amide bonds. The number of hydrogen-bond acceptors (Lipinski definition) is 9. The number of thioether (sulfide) groups is 1. The first-order valence-electron chi connectivity index (χ1n) is 13.0. The van der Waals surface area contributed by atoms with Crippen molar-refractivity contribution in [2.45, 2.75) is 30.0 Å². The van der Waals surface area contributed by atoms with Crippen molar-refractivity contribution in [2.75, 3.05) is 12.0 Å². The van der Waals surface area contributed by atoms with Crippen LogP contribution in [0.25, 0.3) is 11.4 Å². The summed E-state index contributed by atoms with van der Waals surface area (Å²) < 4.78 is 7.83. The van der Waals surface area contributed by atoms with Gasteiger partial charge in [0.05, 0.1) is 24.4 Å². The molecule has 0 aliphatic carbocycles. The molecule has 1 aliphatic rings. The van der Waals surface area contributed by atoms with Gasteiger partial charge < -0.3 is 14.2 Å². The number of imidazole rings is 1. The average Bonchev–Trinajstić information content (AvgIpc) is 3.67. The predicted molar refractivity (Wildman–Crippen MR) is 168 cm³/mol. The van der Waals surface area contributed by atoms with E-state index in [1.54, 1.807) is 43.3 Å². The molecule has 5 aromatic rings. The lowest BCUT2D eigenvalue weighted by Gasteiger charge is -2.22. The second-order valence-corrected chi connectivity index (χ2v) is 12.8. The molecule has 1 atom stereocenters. The lowest BCUT2D eigenvalue weighted by Crippen LogP contribution is -2.29. The number of methoxy groups -OCH3 is 1. The maximum absolute atomic E-state index is 13.7. The third kappa shape index (κ3) is 5.27. The molecule has 9 nitrogen and oxygen atoms in total. The molecule has 6 rings (SSSR count). The summed E-state index contributed by atoms with van der Waals surface area (Å²) in [6, 6.07) is 15.0. The fourth-order valence-corrected chi connectivity index (χ4v) is 7.39.